The lowest BCUT2D eigenvalue weighted by Crippen LogP contribution is -2.49. The van der Waals surface area contributed by atoms with E-state index in [2.05, 4.69) is 4.99 Å². The molecule has 0 spiro atoms. The molecule has 1 aliphatic heterocycles. The minimum absolute atomic E-state index is 0.440. The molecule has 16 heavy (non-hydrogen) atoms. The molecule has 1 aromatic rings. The highest BCUT2D eigenvalue weighted by Gasteiger charge is 2.42. The highest BCUT2D eigenvalue weighted by molar-refractivity contribution is 5.90. The molecule has 0 aromatic heterocycles. The van der Waals surface area contributed by atoms with E-state index in [0.717, 1.165) is 5.56 Å². The lowest BCUT2D eigenvalue weighted by Gasteiger charge is -2.40. The van der Waals surface area contributed by atoms with Crippen LogP contribution in [0.2, 0.25) is 0 Å². The van der Waals surface area contributed by atoms with Gasteiger partial charge in [0.05, 0.1) is 17.9 Å². The molecule has 3 heteroatoms. The van der Waals surface area contributed by atoms with Crippen molar-refractivity contribution in [1.82, 2.24) is 0 Å². The van der Waals surface area contributed by atoms with E-state index in [1.54, 1.807) is 6.92 Å². The smallest absolute Gasteiger partial charge is 0.233 e. The van der Waals surface area contributed by atoms with Gasteiger partial charge in [0.1, 0.15) is 0 Å². The second kappa shape index (κ2) is 3.68. The van der Waals surface area contributed by atoms with Crippen LogP contribution in [-0.4, -0.2) is 23.0 Å². The summed E-state index contributed by atoms with van der Waals surface area (Å²) in [5.74, 6) is -1.39. The molecule has 1 N–H and O–H groups in total. The van der Waals surface area contributed by atoms with Crippen LogP contribution in [0, 0.1) is 0 Å². The summed E-state index contributed by atoms with van der Waals surface area (Å²) in [6.45, 7) is 6.23. The summed E-state index contributed by atoms with van der Waals surface area (Å²) in [6.07, 6.45) is 0. The third-order valence-electron chi connectivity index (χ3n) is 2.78. The van der Waals surface area contributed by atoms with Gasteiger partial charge in [-0.25, -0.2) is 0 Å². The molecule has 1 atom stereocenters. The van der Waals surface area contributed by atoms with Crippen molar-refractivity contribution in [3.8, 4) is 0 Å². The van der Waals surface area contributed by atoms with E-state index in [4.69, 9.17) is 4.74 Å². The summed E-state index contributed by atoms with van der Waals surface area (Å²) in [5, 5.41) is 10.6. The number of hydrogen-bond donors (Lipinski definition) is 1. The van der Waals surface area contributed by atoms with E-state index in [-0.39, 0.29) is 0 Å². The average Bonchev–Trinajstić information content (AvgIpc) is 2.25. The highest BCUT2D eigenvalue weighted by atomic mass is 16.6. The number of hydrogen-bond acceptors (Lipinski definition) is 3. The maximum absolute atomic E-state index is 10.6. The minimum Gasteiger partial charge on any atom is -0.357 e. The maximum Gasteiger partial charge on any atom is 0.233 e. The van der Waals surface area contributed by atoms with E-state index in [1.165, 1.54) is 0 Å². The fraction of sp³-hybridized carbons (Fsp3) is 0.462. The third-order valence-corrected chi connectivity index (χ3v) is 2.78. The largest absolute Gasteiger partial charge is 0.357 e. The number of ether oxygens (including phenoxy) is 1. The number of nitrogens with zero attached hydrogens (tertiary/aromatic N) is 1. The van der Waals surface area contributed by atoms with Gasteiger partial charge in [-0.2, -0.15) is 0 Å². The fourth-order valence-corrected chi connectivity index (χ4v) is 1.85. The Hall–Kier alpha value is -1.19. The lowest BCUT2D eigenvalue weighted by molar-refractivity contribution is -0.225. The van der Waals surface area contributed by atoms with Gasteiger partial charge in [-0.05, 0) is 20.8 Å². The van der Waals surface area contributed by atoms with Crippen molar-refractivity contribution in [2.24, 2.45) is 4.99 Å². The van der Waals surface area contributed by atoms with Crippen molar-refractivity contribution in [2.45, 2.75) is 32.2 Å². The Morgan fingerprint density at radius 1 is 1.25 bits per heavy atom. The maximum atomic E-state index is 10.6. The molecule has 0 fully saturated rings. The van der Waals surface area contributed by atoms with Crippen LogP contribution in [0.15, 0.2) is 35.3 Å². The van der Waals surface area contributed by atoms with Crippen LogP contribution in [-0.2, 0) is 10.5 Å². The first kappa shape index (κ1) is 11.3. The van der Waals surface area contributed by atoms with Crippen molar-refractivity contribution in [2.75, 3.05) is 6.54 Å². The van der Waals surface area contributed by atoms with Crippen molar-refractivity contribution in [3.05, 3.63) is 35.9 Å². The summed E-state index contributed by atoms with van der Waals surface area (Å²) >= 11 is 0. The molecule has 0 bridgehead atoms. The highest BCUT2D eigenvalue weighted by Crippen LogP contribution is 2.33. The second-order valence-corrected chi connectivity index (χ2v) is 4.77. The van der Waals surface area contributed by atoms with E-state index in [0.29, 0.717) is 12.3 Å². The second-order valence-electron chi connectivity index (χ2n) is 4.77. The van der Waals surface area contributed by atoms with Gasteiger partial charge in [-0.1, -0.05) is 30.3 Å². The molecule has 86 valence electrons. The summed E-state index contributed by atoms with van der Waals surface area (Å²) in [4.78, 5) is 4.35. The van der Waals surface area contributed by atoms with Crippen molar-refractivity contribution in [3.63, 3.8) is 0 Å². The van der Waals surface area contributed by atoms with E-state index in [1.807, 2.05) is 44.2 Å². The minimum atomic E-state index is -1.39. The molecule has 1 aliphatic rings. The zero-order valence-electron chi connectivity index (χ0n) is 9.90. The van der Waals surface area contributed by atoms with Crippen LogP contribution in [0.5, 0.6) is 0 Å². The molecule has 1 aromatic carbocycles. The van der Waals surface area contributed by atoms with Crippen LogP contribution in [0.4, 0.5) is 0 Å². The Kier molecular flexibility index (Phi) is 2.60. The Morgan fingerprint density at radius 2 is 1.88 bits per heavy atom. The van der Waals surface area contributed by atoms with Crippen LogP contribution in [0.1, 0.15) is 26.3 Å². The molecule has 0 amide bonds. The molecule has 0 aliphatic carbocycles. The predicted octanol–water partition coefficient (Wildman–Crippen LogP) is 2.10. The lowest BCUT2D eigenvalue weighted by atomic mass is 9.97. The Balaban J connectivity index is 2.45. The van der Waals surface area contributed by atoms with E-state index >= 15 is 0 Å². The summed E-state index contributed by atoms with van der Waals surface area (Å²) in [5.41, 5.74) is 0.895. The molecule has 0 saturated heterocycles. The predicted molar refractivity (Wildman–Crippen MR) is 63.5 cm³/mol. The molecule has 0 saturated carbocycles. The van der Waals surface area contributed by atoms with Crippen LogP contribution in [0.3, 0.4) is 0 Å². The Morgan fingerprint density at radius 3 is 2.50 bits per heavy atom. The number of rotatable bonds is 1. The first-order valence-corrected chi connectivity index (χ1v) is 5.44. The topological polar surface area (TPSA) is 41.8 Å². The monoisotopic (exact) mass is 219 g/mol. The van der Waals surface area contributed by atoms with Gasteiger partial charge in [0.15, 0.2) is 0 Å². The summed E-state index contributed by atoms with van der Waals surface area (Å²) in [7, 11) is 0. The van der Waals surface area contributed by atoms with Crippen LogP contribution < -0.4 is 0 Å². The third kappa shape index (κ3) is 1.88. The number of aliphatic imine (C=N–C) groups is 1. The normalized spacial score (nSPS) is 28.6. The standard InChI is InChI=1S/C13H17NO2/c1-10-13(15,11-7-5-4-6-8-11)16-12(2,3)9-14-10/h4-8,15H,9H2,1-3H3. The molecule has 3 nitrogen and oxygen atoms in total. The van der Waals surface area contributed by atoms with Crippen LogP contribution in [0.25, 0.3) is 0 Å². The van der Waals surface area contributed by atoms with E-state index < -0.39 is 11.4 Å². The molecular weight excluding hydrogens is 202 g/mol. The van der Waals surface area contributed by atoms with Crippen molar-refractivity contribution < 1.29 is 9.84 Å². The number of benzene rings is 1. The molecule has 1 unspecified atom stereocenters. The van der Waals surface area contributed by atoms with Gasteiger partial charge in [0.2, 0.25) is 5.79 Å². The quantitative estimate of drug-likeness (QED) is 0.786. The first-order chi connectivity index (χ1) is 7.44. The van der Waals surface area contributed by atoms with Crippen molar-refractivity contribution >= 4 is 5.71 Å². The van der Waals surface area contributed by atoms with E-state index in [9.17, 15) is 5.11 Å². The first-order valence-electron chi connectivity index (χ1n) is 5.44. The number of aliphatic hydroxyl groups is 1. The molecule has 2 rings (SSSR count). The van der Waals surface area contributed by atoms with Gasteiger partial charge in [-0.3, -0.25) is 4.99 Å². The van der Waals surface area contributed by atoms with Gasteiger partial charge in [-0.15, -0.1) is 0 Å². The molecule has 1 heterocycles. The fourth-order valence-electron chi connectivity index (χ4n) is 1.85. The Labute approximate surface area is 95.8 Å². The van der Waals surface area contributed by atoms with Gasteiger partial charge >= 0.3 is 0 Å². The Bertz CT molecular complexity index is 411. The summed E-state index contributed by atoms with van der Waals surface area (Å²) < 4.78 is 5.78. The van der Waals surface area contributed by atoms with Gasteiger partial charge < -0.3 is 9.84 Å². The summed E-state index contributed by atoms with van der Waals surface area (Å²) in [6, 6.07) is 9.37. The van der Waals surface area contributed by atoms with Crippen LogP contribution >= 0.6 is 0 Å². The average molecular weight is 219 g/mol. The SMILES string of the molecule is CC1=NCC(C)(C)OC1(O)c1ccccc1. The zero-order valence-corrected chi connectivity index (χ0v) is 9.90. The van der Waals surface area contributed by atoms with Gasteiger partial charge in [0.25, 0.3) is 0 Å². The zero-order chi connectivity index (χ0) is 11.8. The van der Waals surface area contributed by atoms with Gasteiger partial charge in [0, 0.05) is 5.56 Å². The molecular formula is C13H17NO2. The van der Waals surface area contributed by atoms with Crippen molar-refractivity contribution in [1.29, 1.82) is 0 Å². The molecule has 0 radical (unpaired) electrons.